The molecule has 0 spiro atoms. The lowest BCUT2D eigenvalue weighted by Crippen LogP contribution is -2.23. The predicted molar refractivity (Wildman–Crippen MR) is 51.4 cm³/mol. The molecule has 0 heterocycles. The highest BCUT2D eigenvalue weighted by Crippen LogP contribution is 2.50. The van der Waals surface area contributed by atoms with Gasteiger partial charge >= 0.3 is 7.60 Å². The smallest absolute Gasteiger partial charge is 0.356 e. The Morgan fingerprint density at radius 1 is 1.23 bits per heavy atom. The van der Waals surface area contributed by atoms with Gasteiger partial charge in [-0.3, -0.25) is 4.57 Å². The number of hydrogen-bond acceptors (Lipinski definition) is 2. The zero-order chi connectivity index (χ0) is 10.5. The van der Waals surface area contributed by atoms with E-state index in [1.807, 2.05) is 0 Å². The van der Waals surface area contributed by atoms with E-state index < -0.39 is 12.9 Å². The van der Waals surface area contributed by atoms with Crippen molar-refractivity contribution in [3.05, 3.63) is 0 Å². The third-order valence-electron chi connectivity index (χ3n) is 2.13. The van der Waals surface area contributed by atoms with E-state index in [2.05, 4.69) is 6.92 Å². The molecular formula is C8H19O4P. The molecule has 0 saturated carbocycles. The van der Waals surface area contributed by atoms with Gasteiger partial charge in [-0.15, -0.1) is 0 Å². The lowest BCUT2D eigenvalue weighted by atomic mass is 10.1. The molecule has 1 atom stereocenters. The second-order valence-corrected chi connectivity index (χ2v) is 5.62. The topological polar surface area (TPSA) is 77.8 Å². The maximum atomic E-state index is 10.8. The van der Waals surface area contributed by atoms with Gasteiger partial charge in [-0.25, -0.2) is 0 Å². The van der Waals surface area contributed by atoms with Crippen molar-refractivity contribution < 1.29 is 19.5 Å². The third kappa shape index (κ3) is 4.77. The van der Waals surface area contributed by atoms with Crippen LogP contribution in [-0.4, -0.2) is 20.2 Å². The second kappa shape index (κ2) is 5.11. The monoisotopic (exact) mass is 210 g/mol. The van der Waals surface area contributed by atoms with E-state index in [9.17, 15) is 9.67 Å². The molecule has 0 aliphatic carbocycles. The van der Waals surface area contributed by atoms with Gasteiger partial charge < -0.3 is 14.9 Å². The van der Waals surface area contributed by atoms with E-state index in [4.69, 9.17) is 9.79 Å². The maximum Gasteiger partial charge on any atom is 0.356 e. The van der Waals surface area contributed by atoms with Gasteiger partial charge in [0.2, 0.25) is 0 Å². The molecule has 13 heavy (non-hydrogen) atoms. The molecule has 1 unspecified atom stereocenters. The number of aliphatic hydroxyl groups is 1. The van der Waals surface area contributed by atoms with Crippen molar-refractivity contribution >= 4 is 7.60 Å². The van der Waals surface area contributed by atoms with E-state index >= 15 is 0 Å². The molecule has 0 aliphatic rings. The summed E-state index contributed by atoms with van der Waals surface area (Å²) in [5.74, 6) is 0. The van der Waals surface area contributed by atoms with Gasteiger partial charge in [0.05, 0.1) is 0 Å². The van der Waals surface area contributed by atoms with Gasteiger partial charge in [0, 0.05) is 0 Å². The van der Waals surface area contributed by atoms with Crippen molar-refractivity contribution in [2.75, 3.05) is 0 Å². The molecular weight excluding hydrogens is 191 g/mol. The Morgan fingerprint density at radius 3 is 2.15 bits per heavy atom. The van der Waals surface area contributed by atoms with Gasteiger partial charge in [-0.1, -0.05) is 26.2 Å². The summed E-state index contributed by atoms with van der Waals surface area (Å²) in [7, 11) is -4.36. The molecule has 4 nitrogen and oxygen atoms in total. The van der Waals surface area contributed by atoms with E-state index in [1.165, 1.54) is 6.92 Å². The molecule has 5 heteroatoms. The highest BCUT2D eigenvalue weighted by atomic mass is 31.2. The fraction of sp³-hybridized carbons (Fsp3) is 1.00. The molecule has 0 saturated heterocycles. The van der Waals surface area contributed by atoms with Crippen LogP contribution in [0, 0.1) is 0 Å². The minimum atomic E-state index is -4.36. The fourth-order valence-electron chi connectivity index (χ4n) is 1.03. The molecule has 0 aromatic rings. The summed E-state index contributed by atoms with van der Waals surface area (Å²) in [6, 6.07) is 0. The first-order chi connectivity index (χ1) is 5.81. The average molecular weight is 210 g/mol. The van der Waals surface area contributed by atoms with Crippen LogP contribution >= 0.6 is 7.60 Å². The number of rotatable bonds is 6. The van der Waals surface area contributed by atoms with Crippen molar-refractivity contribution in [2.24, 2.45) is 0 Å². The average Bonchev–Trinajstić information content (AvgIpc) is 1.96. The zero-order valence-corrected chi connectivity index (χ0v) is 9.13. The van der Waals surface area contributed by atoms with E-state index in [-0.39, 0.29) is 6.42 Å². The van der Waals surface area contributed by atoms with Gasteiger partial charge in [-0.2, -0.15) is 0 Å². The van der Waals surface area contributed by atoms with Crippen LogP contribution in [0.4, 0.5) is 0 Å². The van der Waals surface area contributed by atoms with Gasteiger partial charge in [0.15, 0.2) is 5.34 Å². The molecule has 80 valence electrons. The summed E-state index contributed by atoms with van der Waals surface area (Å²) < 4.78 is 10.8. The molecule has 0 bridgehead atoms. The summed E-state index contributed by atoms with van der Waals surface area (Å²) in [6.07, 6.45) is 3.84. The minimum Gasteiger partial charge on any atom is -0.378 e. The summed E-state index contributed by atoms with van der Waals surface area (Å²) in [5.41, 5.74) is 0. The normalized spacial score (nSPS) is 17.0. The van der Waals surface area contributed by atoms with Gasteiger partial charge in [0.25, 0.3) is 0 Å². The van der Waals surface area contributed by atoms with Crippen LogP contribution in [0.3, 0.4) is 0 Å². The first-order valence-corrected chi connectivity index (χ1v) is 6.20. The molecule has 0 fully saturated rings. The standard InChI is InChI=1S/C8H19O4P/c1-3-4-5-6-7-8(2,9)13(10,11)12/h9H,3-7H2,1-2H3,(H2,10,11,12). The third-order valence-corrected chi connectivity index (χ3v) is 3.61. The Bertz CT molecular complexity index is 185. The maximum absolute atomic E-state index is 10.8. The summed E-state index contributed by atoms with van der Waals surface area (Å²) >= 11 is 0. The van der Waals surface area contributed by atoms with Crippen molar-refractivity contribution in [3.8, 4) is 0 Å². The summed E-state index contributed by atoms with van der Waals surface area (Å²) in [5, 5.41) is 7.54. The first-order valence-electron chi connectivity index (χ1n) is 4.59. The van der Waals surface area contributed by atoms with Crippen LogP contribution in [0.2, 0.25) is 0 Å². The van der Waals surface area contributed by atoms with E-state index in [0.29, 0.717) is 6.42 Å². The molecule has 3 N–H and O–H groups in total. The lowest BCUT2D eigenvalue weighted by Gasteiger charge is -2.23. The van der Waals surface area contributed by atoms with Crippen LogP contribution in [0.25, 0.3) is 0 Å². The molecule has 0 radical (unpaired) electrons. The Hall–Kier alpha value is 0.110. The molecule has 0 aromatic heterocycles. The quantitative estimate of drug-likeness (QED) is 0.461. The summed E-state index contributed by atoms with van der Waals surface area (Å²) in [4.78, 5) is 17.5. The Kier molecular flexibility index (Phi) is 5.15. The van der Waals surface area contributed by atoms with E-state index in [1.54, 1.807) is 0 Å². The van der Waals surface area contributed by atoms with Crippen LogP contribution in [0.15, 0.2) is 0 Å². The second-order valence-electron chi connectivity index (χ2n) is 3.57. The van der Waals surface area contributed by atoms with Crippen LogP contribution < -0.4 is 0 Å². The van der Waals surface area contributed by atoms with Crippen LogP contribution in [-0.2, 0) is 4.57 Å². The van der Waals surface area contributed by atoms with Gasteiger partial charge in [0.1, 0.15) is 0 Å². The molecule has 0 aromatic carbocycles. The summed E-state index contributed by atoms with van der Waals surface area (Å²) in [6.45, 7) is 3.25. The molecule has 0 rings (SSSR count). The van der Waals surface area contributed by atoms with Crippen LogP contribution in [0.1, 0.15) is 46.0 Å². The fourth-order valence-corrected chi connectivity index (χ4v) is 1.48. The zero-order valence-electron chi connectivity index (χ0n) is 8.23. The highest BCUT2D eigenvalue weighted by Gasteiger charge is 2.39. The number of hydrogen-bond donors (Lipinski definition) is 3. The largest absolute Gasteiger partial charge is 0.378 e. The first kappa shape index (κ1) is 13.1. The molecule has 0 amide bonds. The van der Waals surface area contributed by atoms with Crippen molar-refractivity contribution in [1.29, 1.82) is 0 Å². The van der Waals surface area contributed by atoms with Crippen molar-refractivity contribution in [3.63, 3.8) is 0 Å². The Balaban J connectivity index is 3.84. The van der Waals surface area contributed by atoms with Crippen molar-refractivity contribution in [1.82, 2.24) is 0 Å². The van der Waals surface area contributed by atoms with Crippen molar-refractivity contribution in [2.45, 2.75) is 51.3 Å². The Morgan fingerprint density at radius 2 is 1.77 bits per heavy atom. The van der Waals surface area contributed by atoms with Gasteiger partial charge in [-0.05, 0) is 19.8 Å². The molecule has 0 aliphatic heterocycles. The van der Waals surface area contributed by atoms with E-state index in [0.717, 1.165) is 19.3 Å². The van der Waals surface area contributed by atoms with Crippen LogP contribution in [0.5, 0.6) is 0 Å². The Labute approximate surface area is 79.1 Å². The predicted octanol–water partition coefficient (Wildman–Crippen LogP) is 1.84. The SMILES string of the molecule is CCCCCCC(C)(O)P(=O)(O)O. The lowest BCUT2D eigenvalue weighted by molar-refractivity contribution is 0.0971. The highest BCUT2D eigenvalue weighted by molar-refractivity contribution is 7.53. The number of unbranched alkanes of at least 4 members (excludes halogenated alkanes) is 3. The minimum absolute atomic E-state index is 0.164.